The van der Waals surface area contributed by atoms with Crippen LogP contribution >= 0.6 is 0 Å². The fraction of sp³-hybridized carbons (Fsp3) is 0.474. The van der Waals surface area contributed by atoms with E-state index in [-0.39, 0.29) is 11.8 Å². The molecule has 1 aliphatic heterocycles. The van der Waals surface area contributed by atoms with Crippen molar-refractivity contribution >= 4 is 16.8 Å². The second-order valence-corrected chi connectivity index (χ2v) is 6.97. The van der Waals surface area contributed by atoms with Gasteiger partial charge in [0.2, 0.25) is 0 Å². The molecule has 1 saturated carbocycles. The topological polar surface area (TPSA) is 53.4 Å². The molecule has 2 unspecified atom stereocenters. The molecular formula is C19H22N2O2. The third kappa shape index (κ3) is 2.72. The van der Waals surface area contributed by atoms with Crippen LogP contribution in [0.25, 0.3) is 10.9 Å². The Balaban J connectivity index is 1.73. The van der Waals surface area contributed by atoms with Crippen LogP contribution in [0.2, 0.25) is 0 Å². The molecule has 2 heterocycles. The third-order valence-electron chi connectivity index (χ3n) is 5.17. The number of piperidine rings is 1. The van der Waals surface area contributed by atoms with Gasteiger partial charge in [-0.2, -0.15) is 0 Å². The van der Waals surface area contributed by atoms with Crippen molar-refractivity contribution in [3.05, 3.63) is 41.6 Å². The van der Waals surface area contributed by atoms with Crippen molar-refractivity contribution in [2.75, 3.05) is 13.1 Å². The van der Waals surface area contributed by atoms with E-state index in [1.165, 1.54) is 12.8 Å². The predicted octanol–water partition coefficient (Wildman–Crippen LogP) is 2.96. The number of amides is 1. The predicted molar refractivity (Wildman–Crippen MR) is 89.4 cm³/mol. The van der Waals surface area contributed by atoms with Crippen molar-refractivity contribution in [3.63, 3.8) is 0 Å². The molecule has 0 radical (unpaired) electrons. The van der Waals surface area contributed by atoms with E-state index in [2.05, 4.69) is 0 Å². The molecule has 2 atom stereocenters. The van der Waals surface area contributed by atoms with Crippen LogP contribution in [-0.2, 0) is 0 Å². The van der Waals surface area contributed by atoms with E-state index in [9.17, 15) is 9.90 Å². The molecule has 1 saturated heterocycles. The van der Waals surface area contributed by atoms with Gasteiger partial charge in [-0.15, -0.1) is 0 Å². The normalized spacial score (nSPS) is 24.9. The van der Waals surface area contributed by atoms with Crippen molar-refractivity contribution < 1.29 is 9.90 Å². The number of aliphatic hydroxyl groups excluding tert-OH is 1. The van der Waals surface area contributed by atoms with Crippen LogP contribution in [0.3, 0.4) is 0 Å². The van der Waals surface area contributed by atoms with E-state index in [1.54, 1.807) is 4.90 Å². The number of fused-ring (bicyclic) bond motifs is 1. The summed E-state index contributed by atoms with van der Waals surface area (Å²) in [6, 6.07) is 9.84. The molecule has 120 valence electrons. The van der Waals surface area contributed by atoms with Gasteiger partial charge >= 0.3 is 0 Å². The van der Waals surface area contributed by atoms with Gasteiger partial charge in [0.1, 0.15) is 0 Å². The first-order chi connectivity index (χ1) is 11.1. The van der Waals surface area contributed by atoms with E-state index in [4.69, 9.17) is 4.98 Å². The Labute approximate surface area is 136 Å². The Kier molecular flexibility index (Phi) is 3.57. The summed E-state index contributed by atoms with van der Waals surface area (Å²) < 4.78 is 0. The van der Waals surface area contributed by atoms with Crippen LogP contribution in [0.1, 0.15) is 48.2 Å². The highest BCUT2D eigenvalue weighted by molar-refractivity contribution is 6.06. The number of β-amino-alcohol motifs (C(OH)–C–C–N with tert-alkyl or cyclic N) is 1. The Morgan fingerprint density at radius 2 is 2.04 bits per heavy atom. The maximum atomic E-state index is 13.0. The molecule has 1 aromatic carbocycles. The highest BCUT2D eigenvalue weighted by atomic mass is 16.3. The first-order valence-electron chi connectivity index (χ1n) is 8.50. The molecule has 1 amide bonds. The standard InChI is InChI=1S/C19H22N2O2/c1-12-8-9-21(11-18(12)22)19(23)15-10-17(13-6-7-13)20-16-5-3-2-4-14(15)16/h2-5,10,12-13,18,22H,6-9,11H2,1H3. The average molecular weight is 310 g/mol. The van der Waals surface area contributed by atoms with E-state index < -0.39 is 6.10 Å². The van der Waals surface area contributed by atoms with Gasteiger partial charge in [0, 0.05) is 30.1 Å². The molecule has 4 nitrogen and oxygen atoms in total. The van der Waals surface area contributed by atoms with Crippen molar-refractivity contribution in [3.8, 4) is 0 Å². The molecule has 4 heteroatoms. The van der Waals surface area contributed by atoms with Crippen LogP contribution in [0.5, 0.6) is 0 Å². The summed E-state index contributed by atoms with van der Waals surface area (Å²) in [7, 11) is 0. The Morgan fingerprint density at radius 3 is 2.78 bits per heavy atom. The van der Waals surface area contributed by atoms with Crippen LogP contribution < -0.4 is 0 Å². The SMILES string of the molecule is CC1CCN(C(=O)c2cc(C3CC3)nc3ccccc23)CC1O. The first kappa shape index (κ1) is 14.6. The number of nitrogens with zero attached hydrogens (tertiary/aromatic N) is 2. The summed E-state index contributed by atoms with van der Waals surface area (Å²) >= 11 is 0. The minimum Gasteiger partial charge on any atom is -0.391 e. The fourth-order valence-electron chi connectivity index (χ4n) is 3.36. The smallest absolute Gasteiger partial charge is 0.254 e. The van der Waals surface area contributed by atoms with Crippen molar-refractivity contribution in [2.45, 2.75) is 38.2 Å². The monoisotopic (exact) mass is 310 g/mol. The largest absolute Gasteiger partial charge is 0.391 e. The quantitative estimate of drug-likeness (QED) is 0.928. The minimum atomic E-state index is -0.427. The lowest BCUT2D eigenvalue weighted by Crippen LogP contribution is -2.45. The molecule has 1 aliphatic carbocycles. The van der Waals surface area contributed by atoms with Gasteiger partial charge in [0.15, 0.2) is 0 Å². The Hall–Kier alpha value is -1.94. The van der Waals surface area contributed by atoms with Gasteiger partial charge < -0.3 is 10.0 Å². The zero-order valence-electron chi connectivity index (χ0n) is 13.4. The van der Waals surface area contributed by atoms with Gasteiger partial charge in [0.05, 0.1) is 17.2 Å². The van der Waals surface area contributed by atoms with Crippen LogP contribution in [0.4, 0.5) is 0 Å². The van der Waals surface area contributed by atoms with Gasteiger partial charge in [-0.3, -0.25) is 9.78 Å². The molecule has 23 heavy (non-hydrogen) atoms. The van der Waals surface area contributed by atoms with Crippen LogP contribution in [-0.4, -0.2) is 40.1 Å². The molecule has 1 N–H and O–H groups in total. The van der Waals surface area contributed by atoms with Crippen LogP contribution in [0, 0.1) is 5.92 Å². The van der Waals surface area contributed by atoms with Crippen molar-refractivity contribution in [2.24, 2.45) is 5.92 Å². The molecule has 2 aromatic rings. The molecule has 0 spiro atoms. The lowest BCUT2D eigenvalue weighted by atomic mass is 9.95. The summed E-state index contributed by atoms with van der Waals surface area (Å²) in [6.07, 6.45) is 2.76. The minimum absolute atomic E-state index is 0.0245. The molecule has 0 bridgehead atoms. The first-order valence-corrected chi connectivity index (χ1v) is 8.50. The number of aromatic nitrogens is 1. The zero-order valence-corrected chi connectivity index (χ0v) is 13.4. The molecular weight excluding hydrogens is 288 g/mol. The number of pyridine rings is 1. The highest BCUT2D eigenvalue weighted by Gasteiger charge is 2.31. The highest BCUT2D eigenvalue weighted by Crippen LogP contribution is 2.40. The molecule has 1 aromatic heterocycles. The van der Waals surface area contributed by atoms with Gasteiger partial charge in [-0.05, 0) is 37.3 Å². The summed E-state index contributed by atoms with van der Waals surface area (Å²) in [5, 5.41) is 11.0. The summed E-state index contributed by atoms with van der Waals surface area (Å²) in [4.78, 5) is 19.6. The number of hydrogen-bond acceptors (Lipinski definition) is 3. The second kappa shape index (κ2) is 5.60. The Bertz CT molecular complexity index is 754. The summed E-state index contributed by atoms with van der Waals surface area (Å²) in [6.45, 7) is 3.18. The lowest BCUT2D eigenvalue weighted by Gasteiger charge is -2.34. The number of rotatable bonds is 2. The third-order valence-corrected chi connectivity index (χ3v) is 5.17. The molecule has 2 fully saturated rings. The number of benzene rings is 1. The number of para-hydroxylation sites is 1. The number of aliphatic hydroxyl groups is 1. The van der Waals surface area contributed by atoms with Crippen molar-refractivity contribution in [1.29, 1.82) is 0 Å². The number of hydrogen-bond donors (Lipinski definition) is 1. The molecule has 4 rings (SSSR count). The zero-order chi connectivity index (χ0) is 16.0. The second-order valence-electron chi connectivity index (χ2n) is 6.97. The number of carbonyl (C=O) groups excluding carboxylic acids is 1. The maximum Gasteiger partial charge on any atom is 0.254 e. The Morgan fingerprint density at radius 1 is 1.26 bits per heavy atom. The van der Waals surface area contributed by atoms with E-state index in [0.29, 0.717) is 19.0 Å². The van der Waals surface area contributed by atoms with E-state index in [1.807, 2.05) is 37.3 Å². The van der Waals surface area contributed by atoms with Crippen LogP contribution in [0.15, 0.2) is 30.3 Å². The maximum absolute atomic E-state index is 13.0. The summed E-state index contributed by atoms with van der Waals surface area (Å²) in [5.74, 6) is 0.796. The van der Waals surface area contributed by atoms with Gasteiger partial charge in [-0.25, -0.2) is 0 Å². The number of carbonyl (C=O) groups is 1. The van der Waals surface area contributed by atoms with E-state index in [0.717, 1.165) is 28.6 Å². The lowest BCUT2D eigenvalue weighted by molar-refractivity contribution is 0.0250. The van der Waals surface area contributed by atoms with Gasteiger partial charge in [-0.1, -0.05) is 25.1 Å². The van der Waals surface area contributed by atoms with E-state index >= 15 is 0 Å². The average Bonchev–Trinajstić information content (AvgIpc) is 3.41. The fourth-order valence-corrected chi connectivity index (χ4v) is 3.36. The van der Waals surface area contributed by atoms with Gasteiger partial charge in [0.25, 0.3) is 5.91 Å². The summed E-state index contributed by atoms with van der Waals surface area (Å²) in [5.41, 5.74) is 2.67. The van der Waals surface area contributed by atoms with Crippen molar-refractivity contribution in [1.82, 2.24) is 9.88 Å². The number of likely N-dealkylation sites (tertiary alicyclic amines) is 1. The molecule has 2 aliphatic rings.